The second-order valence-electron chi connectivity index (χ2n) is 6.37. The molecule has 0 N–H and O–H groups in total. The van der Waals surface area contributed by atoms with Gasteiger partial charge in [-0.1, -0.05) is 22.8 Å². The molecule has 0 spiro atoms. The molecule has 2 aromatic heterocycles. The average Bonchev–Trinajstić information content (AvgIpc) is 3.10. The molecule has 3 aromatic rings. The monoisotopic (exact) mass is 418 g/mol. The summed E-state index contributed by atoms with van der Waals surface area (Å²) in [7, 11) is 1.59. The third kappa shape index (κ3) is 3.86. The van der Waals surface area contributed by atoms with E-state index in [-0.39, 0.29) is 41.7 Å². The normalized spacial score (nSPS) is 10.9. The summed E-state index contributed by atoms with van der Waals surface area (Å²) in [5.74, 6) is -0.909. The van der Waals surface area contributed by atoms with Crippen LogP contribution >= 0.6 is 11.6 Å². The Morgan fingerprint density at radius 1 is 1.31 bits per heavy atom. The minimum atomic E-state index is -0.793. The Morgan fingerprint density at radius 2 is 2.03 bits per heavy atom. The van der Waals surface area contributed by atoms with Gasteiger partial charge in [-0.25, -0.2) is 4.79 Å². The number of likely N-dealkylation sites (N-methyl/N-ethyl adjacent to an activating group) is 1. The van der Waals surface area contributed by atoms with Crippen molar-refractivity contribution in [2.75, 3.05) is 18.6 Å². The van der Waals surface area contributed by atoms with Crippen LogP contribution < -0.4 is 10.5 Å². The van der Waals surface area contributed by atoms with Crippen LogP contribution in [-0.4, -0.2) is 40.2 Å². The summed E-state index contributed by atoms with van der Waals surface area (Å²) in [5, 5.41) is 3.97. The molecule has 0 aliphatic carbocycles. The van der Waals surface area contributed by atoms with Crippen LogP contribution in [0.1, 0.15) is 28.8 Å². The molecule has 0 atom stereocenters. The van der Waals surface area contributed by atoms with Crippen molar-refractivity contribution in [3.8, 4) is 0 Å². The molecule has 0 aliphatic rings. The first-order valence-electron chi connectivity index (χ1n) is 8.81. The van der Waals surface area contributed by atoms with Gasteiger partial charge in [-0.2, -0.15) is 4.98 Å². The predicted octanol–water partition coefficient (Wildman–Crippen LogP) is 2.49. The van der Waals surface area contributed by atoms with E-state index in [9.17, 15) is 14.4 Å². The van der Waals surface area contributed by atoms with Gasteiger partial charge in [0.1, 0.15) is 17.8 Å². The Hall–Kier alpha value is -3.20. The number of halogens is 1. The van der Waals surface area contributed by atoms with Gasteiger partial charge in [0.2, 0.25) is 11.6 Å². The standard InChI is InChI=1S/C19H19ClN4O5/c1-5-28-19(27)16-15-17(29-22-16)21-11(3)24(18(15)26)9-14(25)23(4)13-8-12(20)7-6-10(13)2/h6-8H,5,9H2,1-4H3. The predicted molar refractivity (Wildman–Crippen MR) is 106 cm³/mol. The van der Waals surface area contributed by atoms with Crippen LogP contribution in [0.15, 0.2) is 27.5 Å². The second-order valence-corrected chi connectivity index (χ2v) is 6.80. The van der Waals surface area contributed by atoms with Crippen molar-refractivity contribution in [2.24, 2.45) is 0 Å². The number of benzene rings is 1. The largest absolute Gasteiger partial charge is 0.461 e. The van der Waals surface area contributed by atoms with Gasteiger partial charge in [0.15, 0.2) is 0 Å². The molecule has 2 heterocycles. The van der Waals surface area contributed by atoms with E-state index in [0.717, 1.165) is 5.56 Å². The number of rotatable bonds is 5. The number of carbonyl (C=O) groups is 2. The summed E-state index contributed by atoms with van der Waals surface area (Å²) in [4.78, 5) is 43.4. The maximum absolute atomic E-state index is 13.0. The molecular weight excluding hydrogens is 400 g/mol. The van der Waals surface area contributed by atoms with Crippen molar-refractivity contribution >= 4 is 40.3 Å². The van der Waals surface area contributed by atoms with E-state index in [1.54, 1.807) is 39.1 Å². The molecular formula is C19H19ClN4O5. The Labute approximate surface area is 170 Å². The highest BCUT2D eigenvalue weighted by atomic mass is 35.5. The van der Waals surface area contributed by atoms with E-state index < -0.39 is 11.5 Å². The number of esters is 1. The second kappa shape index (κ2) is 8.04. The SMILES string of the molecule is CCOC(=O)c1noc2nc(C)n(CC(=O)N(C)c3cc(Cl)ccc3C)c(=O)c12. The fourth-order valence-corrected chi connectivity index (χ4v) is 3.05. The van der Waals surface area contributed by atoms with Crippen LogP contribution in [0, 0.1) is 13.8 Å². The molecule has 0 fully saturated rings. The van der Waals surface area contributed by atoms with Crippen LogP contribution in [-0.2, 0) is 16.1 Å². The fourth-order valence-electron chi connectivity index (χ4n) is 2.88. The number of anilines is 1. The van der Waals surface area contributed by atoms with Gasteiger partial charge in [0.25, 0.3) is 11.3 Å². The number of hydrogen-bond acceptors (Lipinski definition) is 7. The van der Waals surface area contributed by atoms with Gasteiger partial charge in [-0.3, -0.25) is 14.2 Å². The zero-order valence-electron chi connectivity index (χ0n) is 16.4. The van der Waals surface area contributed by atoms with Gasteiger partial charge in [0.05, 0.1) is 6.61 Å². The van der Waals surface area contributed by atoms with Gasteiger partial charge in [0, 0.05) is 17.8 Å². The molecule has 1 amide bonds. The molecule has 10 heteroatoms. The number of hydrogen-bond donors (Lipinski definition) is 0. The Balaban J connectivity index is 2.00. The molecule has 0 saturated heterocycles. The molecule has 0 radical (unpaired) electrons. The fraction of sp³-hybridized carbons (Fsp3) is 0.316. The van der Waals surface area contributed by atoms with E-state index >= 15 is 0 Å². The molecule has 0 saturated carbocycles. The van der Waals surface area contributed by atoms with Crippen molar-refractivity contribution in [1.29, 1.82) is 0 Å². The lowest BCUT2D eigenvalue weighted by Gasteiger charge is -2.21. The summed E-state index contributed by atoms with van der Waals surface area (Å²) in [6.07, 6.45) is 0. The third-order valence-corrected chi connectivity index (χ3v) is 4.69. The first kappa shape index (κ1) is 20.5. The highest BCUT2D eigenvalue weighted by Crippen LogP contribution is 2.23. The third-order valence-electron chi connectivity index (χ3n) is 4.46. The van der Waals surface area contributed by atoms with Crippen molar-refractivity contribution in [1.82, 2.24) is 14.7 Å². The van der Waals surface area contributed by atoms with E-state index in [1.165, 1.54) is 9.47 Å². The number of aryl methyl sites for hydroxylation is 2. The van der Waals surface area contributed by atoms with E-state index in [0.29, 0.717) is 10.7 Å². The molecule has 0 unspecified atom stereocenters. The Bertz CT molecular complexity index is 1170. The number of aromatic nitrogens is 3. The molecule has 0 bridgehead atoms. The van der Waals surface area contributed by atoms with E-state index in [4.69, 9.17) is 20.9 Å². The van der Waals surface area contributed by atoms with Crippen LogP contribution in [0.3, 0.4) is 0 Å². The van der Waals surface area contributed by atoms with E-state index in [1.807, 2.05) is 6.92 Å². The highest BCUT2D eigenvalue weighted by molar-refractivity contribution is 6.31. The molecule has 29 heavy (non-hydrogen) atoms. The minimum absolute atomic E-state index is 0.0849. The summed E-state index contributed by atoms with van der Waals surface area (Å²) in [6, 6.07) is 5.20. The summed E-state index contributed by atoms with van der Waals surface area (Å²) < 4.78 is 11.1. The van der Waals surface area contributed by atoms with Crippen LogP contribution in [0.5, 0.6) is 0 Å². The summed E-state index contributed by atoms with van der Waals surface area (Å²) in [6.45, 7) is 4.87. The summed E-state index contributed by atoms with van der Waals surface area (Å²) >= 11 is 6.04. The number of amides is 1. The first-order chi connectivity index (χ1) is 13.7. The van der Waals surface area contributed by atoms with Crippen molar-refractivity contribution in [3.63, 3.8) is 0 Å². The van der Waals surface area contributed by atoms with Gasteiger partial charge in [-0.15, -0.1) is 0 Å². The highest BCUT2D eigenvalue weighted by Gasteiger charge is 2.25. The number of carbonyl (C=O) groups excluding carboxylic acids is 2. The minimum Gasteiger partial charge on any atom is -0.461 e. The summed E-state index contributed by atoms with van der Waals surface area (Å²) in [5.41, 5.74) is 0.519. The van der Waals surface area contributed by atoms with Crippen molar-refractivity contribution in [2.45, 2.75) is 27.3 Å². The Morgan fingerprint density at radius 3 is 2.72 bits per heavy atom. The van der Waals surface area contributed by atoms with Crippen molar-refractivity contribution in [3.05, 3.63) is 50.7 Å². The lowest BCUT2D eigenvalue weighted by atomic mass is 10.2. The van der Waals surface area contributed by atoms with E-state index in [2.05, 4.69) is 10.1 Å². The molecule has 0 aliphatic heterocycles. The number of ether oxygens (including phenoxy) is 1. The lowest BCUT2D eigenvalue weighted by Crippen LogP contribution is -2.35. The van der Waals surface area contributed by atoms with Crippen LogP contribution in [0.4, 0.5) is 5.69 Å². The van der Waals surface area contributed by atoms with Crippen LogP contribution in [0.25, 0.3) is 11.1 Å². The molecule has 3 rings (SSSR count). The maximum Gasteiger partial charge on any atom is 0.361 e. The topological polar surface area (TPSA) is 108 Å². The lowest BCUT2D eigenvalue weighted by molar-refractivity contribution is -0.119. The van der Waals surface area contributed by atoms with Gasteiger partial charge >= 0.3 is 5.97 Å². The number of nitrogens with zero attached hydrogens (tertiary/aromatic N) is 4. The molecule has 152 valence electrons. The average molecular weight is 419 g/mol. The maximum atomic E-state index is 13.0. The first-order valence-corrected chi connectivity index (χ1v) is 9.19. The zero-order chi connectivity index (χ0) is 21.3. The van der Waals surface area contributed by atoms with Crippen LogP contribution in [0.2, 0.25) is 5.02 Å². The zero-order valence-corrected chi connectivity index (χ0v) is 17.1. The van der Waals surface area contributed by atoms with Gasteiger partial charge < -0.3 is 14.2 Å². The smallest absolute Gasteiger partial charge is 0.361 e. The Kier molecular flexibility index (Phi) is 5.69. The molecule has 9 nitrogen and oxygen atoms in total. The quantitative estimate of drug-likeness (QED) is 0.585. The molecule has 1 aromatic carbocycles. The van der Waals surface area contributed by atoms with Crippen molar-refractivity contribution < 1.29 is 18.8 Å². The number of fused-ring (bicyclic) bond motifs is 1. The van der Waals surface area contributed by atoms with Gasteiger partial charge in [-0.05, 0) is 38.5 Å².